The standard InChI is InChI=1S/C12H14N2OS/c15-8-2-1-3-12-14-11(9-16-12)10-4-6-13-7-5-10/h4-7,9,15H,1-3,8H2. The molecular formula is C12H14N2OS. The SMILES string of the molecule is OCCCCc1nc(-c2ccncc2)cs1. The van der Waals surface area contributed by atoms with Crippen molar-refractivity contribution in [3.63, 3.8) is 0 Å². The van der Waals surface area contributed by atoms with Gasteiger partial charge in [-0.25, -0.2) is 4.98 Å². The van der Waals surface area contributed by atoms with Crippen LogP contribution in [-0.4, -0.2) is 21.7 Å². The van der Waals surface area contributed by atoms with Gasteiger partial charge in [-0.05, 0) is 31.4 Å². The Morgan fingerprint density at radius 2 is 2.00 bits per heavy atom. The van der Waals surface area contributed by atoms with Gasteiger partial charge in [0.1, 0.15) is 0 Å². The first kappa shape index (κ1) is 11.2. The van der Waals surface area contributed by atoms with E-state index in [9.17, 15) is 0 Å². The molecule has 0 radical (unpaired) electrons. The third-order valence-corrected chi connectivity index (χ3v) is 3.24. The summed E-state index contributed by atoms with van der Waals surface area (Å²) in [6.45, 7) is 0.266. The van der Waals surface area contributed by atoms with Crippen molar-refractivity contribution in [3.8, 4) is 11.3 Å². The fraction of sp³-hybridized carbons (Fsp3) is 0.333. The number of nitrogens with zero attached hydrogens (tertiary/aromatic N) is 2. The maximum Gasteiger partial charge on any atom is 0.0932 e. The summed E-state index contributed by atoms with van der Waals surface area (Å²) in [5, 5.41) is 11.9. The second kappa shape index (κ2) is 5.72. The second-order valence-corrected chi connectivity index (χ2v) is 4.49. The number of thiazole rings is 1. The predicted octanol–water partition coefficient (Wildman–Crippen LogP) is 2.52. The van der Waals surface area contributed by atoms with E-state index in [1.807, 2.05) is 12.1 Å². The highest BCUT2D eigenvalue weighted by molar-refractivity contribution is 7.09. The van der Waals surface area contributed by atoms with Crippen molar-refractivity contribution < 1.29 is 5.11 Å². The van der Waals surface area contributed by atoms with E-state index in [1.165, 1.54) is 0 Å². The van der Waals surface area contributed by atoms with E-state index >= 15 is 0 Å². The Morgan fingerprint density at radius 1 is 1.19 bits per heavy atom. The molecule has 0 aromatic carbocycles. The first-order valence-electron chi connectivity index (χ1n) is 5.36. The second-order valence-electron chi connectivity index (χ2n) is 3.54. The molecule has 2 rings (SSSR count). The maximum absolute atomic E-state index is 8.70. The summed E-state index contributed by atoms with van der Waals surface area (Å²) < 4.78 is 0. The zero-order valence-corrected chi connectivity index (χ0v) is 9.78. The van der Waals surface area contributed by atoms with Crippen LogP contribution in [-0.2, 0) is 6.42 Å². The van der Waals surface area contributed by atoms with Crippen LogP contribution < -0.4 is 0 Å². The highest BCUT2D eigenvalue weighted by atomic mass is 32.1. The van der Waals surface area contributed by atoms with Crippen molar-refractivity contribution in [3.05, 3.63) is 34.9 Å². The zero-order valence-electron chi connectivity index (χ0n) is 8.97. The fourth-order valence-electron chi connectivity index (χ4n) is 1.47. The summed E-state index contributed by atoms with van der Waals surface area (Å²) >= 11 is 1.68. The number of aromatic nitrogens is 2. The van der Waals surface area contributed by atoms with E-state index in [1.54, 1.807) is 23.7 Å². The number of pyridine rings is 1. The molecule has 0 saturated heterocycles. The van der Waals surface area contributed by atoms with Crippen LogP contribution in [0.5, 0.6) is 0 Å². The lowest BCUT2D eigenvalue weighted by molar-refractivity contribution is 0.284. The molecule has 0 amide bonds. The van der Waals surface area contributed by atoms with Crippen molar-refractivity contribution in [2.75, 3.05) is 6.61 Å². The maximum atomic E-state index is 8.70. The lowest BCUT2D eigenvalue weighted by Crippen LogP contribution is -1.88. The van der Waals surface area contributed by atoms with Gasteiger partial charge < -0.3 is 5.11 Å². The quantitative estimate of drug-likeness (QED) is 0.809. The van der Waals surface area contributed by atoms with E-state index in [0.29, 0.717) is 0 Å². The molecule has 0 aliphatic heterocycles. The summed E-state index contributed by atoms with van der Waals surface area (Å²) in [7, 11) is 0. The molecule has 2 aromatic heterocycles. The zero-order chi connectivity index (χ0) is 11.2. The molecule has 16 heavy (non-hydrogen) atoms. The van der Waals surface area contributed by atoms with Gasteiger partial charge in [-0.1, -0.05) is 0 Å². The Labute approximate surface area is 98.8 Å². The van der Waals surface area contributed by atoms with Gasteiger partial charge in [0.05, 0.1) is 10.7 Å². The Bertz CT molecular complexity index is 428. The molecule has 0 spiro atoms. The van der Waals surface area contributed by atoms with Crippen LogP contribution in [0.2, 0.25) is 0 Å². The summed E-state index contributed by atoms with van der Waals surface area (Å²) in [5.41, 5.74) is 2.13. The molecule has 0 aliphatic rings. The van der Waals surface area contributed by atoms with Crippen LogP contribution in [0.25, 0.3) is 11.3 Å². The number of hydrogen-bond donors (Lipinski definition) is 1. The highest BCUT2D eigenvalue weighted by Gasteiger charge is 2.03. The number of aliphatic hydroxyl groups excluding tert-OH is 1. The lowest BCUT2D eigenvalue weighted by Gasteiger charge is -1.95. The highest BCUT2D eigenvalue weighted by Crippen LogP contribution is 2.21. The van der Waals surface area contributed by atoms with E-state index < -0.39 is 0 Å². The molecule has 0 saturated carbocycles. The van der Waals surface area contributed by atoms with Gasteiger partial charge >= 0.3 is 0 Å². The molecule has 1 N–H and O–H groups in total. The lowest BCUT2D eigenvalue weighted by atomic mass is 10.2. The average molecular weight is 234 g/mol. The Balaban J connectivity index is 2.02. The minimum atomic E-state index is 0.266. The molecule has 0 aliphatic carbocycles. The van der Waals surface area contributed by atoms with Crippen LogP contribution in [0.15, 0.2) is 29.9 Å². The molecule has 0 bridgehead atoms. The van der Waals surface area contributed by atoms with Crippen molar-refractivity contribution in [2.45, 2.75) is 19.3 Å². The molecule has 0 fully saturated rings. The van der Waals surface area contributed by atoms with Gasteiger partial charge in [0.25, 0.3) is 0 Å². The Kier molecular flexibility index (Phi) is 4.02. The van der Waals surface area contributed by atoms with E-state index in [-0.39, 0.29) is 6.61 Å². The van der Waals surface area contributed by atoms with Crippen LogP contribution in [0.1, 0.15) is 17.8 Å². The molecule has 0 unspecified atom stereocenters. The van der Waals surface area contributed by atoms with E-state index in [4.69, 9.17) is 5.11 Å². The van der Waals surface area contributed by atoms with Crippen molar-refractivity contribution >= 4 is 11.3 Å². The van der Waals surface area contributed by atoms with Crippen LogP contribution in [0, 0.1) is 0 Å². The van der Waals surface area contributed by atoms with Crippen LogP contribution in [0.3, 0.4) is 0 Å². The van der Waals surface area contributed by atoms with Gasteiger partial charge in [0, 0.05) is 29.9 Å². The smallest absolute Gasteiger partial charge is 0.0932 e. The summed E-state index contributed by atoms with van der Waals surface area (Å²) in [6, 6.07) is 3.93. The topological polar surface area (TPSA) is 46.0 Å². The van der Waals surface area contributed by atoms with Crippen molar-refractivity contribution in [1.82, 2.24) is 9.97 Å². The van der Waals surface area contributed by atoms with Gasteiger partial charge in [0.2, 0.25) is 0 Å². The fourth-order valence-corrected chi connectivity index (χ4v) is 2.32. The summed E-state index contributed by atoms with van der Waals surface area (Å²) in [6.07, 6.45) is 6.36. The predicted molar refractivity (Wildman–Crippen MR) is 65.4 cm³/mol. The Morgan fingerprint density at radius 3 is 2.75 bits per heavy atom. The molecule has 2 heterocycles. The number of unbranched alkanes of at least 4 members (excludes halogenated alkanes) is 1. The molecule has 2 aromatic rings. The minimum Gasteiger partial charge on any atom is -0.396 e. The van der Waals surface area contributed by atoms with Gasteiger partial charge in [-0.15, -0.1) is 11.3 Å². The molecule has 84 valence electrons. The van der Waals surface area contributed by atoms with E-state index in [0.717, 1.165) is 35.5 Å². The summed E-state index contributed by atoms with van der Waals surface area (Å²) in [4.78, 5) is 8.55. The van der Waals surface area contributed by atoms with Crippen molar-refractivity contribution in [2.24, 2.45) is 0 Å². The normalized spacial score (nSPS) is 10.6. The molecule has 4 heteroatoms. The van der Waals surface area contributed by atoms with Crippen LogP contribution >= 0.6 is 11.3 Å². The van der Waals surface area contributed by atoms with Crippen molar-refractivity contribution in [1.29, 1.82) is 0 Å². The first-order chi connectivity index (χ1) is 7.90. The van der Waals surface area contributed by atoms with Gasteiger partial charge in [-0.2, -0.15) is 0 Å². The van der Waals surface area contributed by atoms with Crippen LogP contribution in [0.4, 0.5) is 0 Å². The minimum absolute atomic E-state index is 0.266. The molecular weight excluding hydrogens is 220 g/mol. The number of aryl methyl sites for hydroxylation is 1. The third kappa shape index (κ3) is 2.87. The molecule has 3 nitrogen and oxygen atoms in total. The van der Waals surface area contributed by atoms with Gasteiger partial charge in [0.15, 0.2) is 0 Å². The first-order valence-corrected chi connectivity index (χ1v) is 6.24. The van der Waals surface area contributed by atoms with E-state index in [2.05, 4.69) is 15.3 Å². The largest absolute Gasteiger partial charge is 0.396 e. The molecule has 0 atom stereocenters. The Hall–Kier alpha value is -1.26. The monoisotopic (exact) mass is 234 g/mol. The number of rotatable bonds is 5. The number of aliphatic hydroxyl groups is 1. The number of hydrogen-bond acceptors (Lipinski definition) is 4. The van der Waals surface area contributed by atoms with Gasteiger partial charge in [-0.3, -0.25) is 4.98 Å². The average Bonchev–Trinajstić information content (AvgIpc) is 2.79. The third-order valence-electron chi connectivity index (χ3n) is 2.33. The summed E-state index contributed by atoms with van der Waals surface area (Å²) in [5.74, 6) is 0.